The van der Waals surface area contributed by atoms with Crippen molar-refractivity contribution < 1.29 is 4.79 Å². The van der Waals surface area contributed by atoms with Gasteiger partial charge in [0.1, 0.15) is 6.54 Å². The average Bonchev–Trinajstić information content (AvgIpc) is 2.86. The molecule has 2 N–H and O–H groups in total. The largest absolute Gasteiger partial charge is 0.324 e. The molecule has 0 radical (unpaired) electrons. The summed E-state index contributed by atoms with van der Waals surface area (Å²) < 4.78 is 1.54. The van der Waals surface area contributed by atoms with Gasteiger partial charge < -0.3 is 10.6 Å². The van der Waals surface area contributed by atoms with E-state index in [0.717, 1.165) is 16.9 Å². The van der Waals surface area contributed by atoms with E-state index in [2.05, 4.69) is 34.8 Å². The maximum Gasteiger partial charge on any atom is 0.246 e. The minimum Gasteiger partial charge on any atom is -0.324 e. The molecule has 2 aromatic rings. The van der Waals surface area contributed by atoms with Crippen molar-refractivity contribution in [3.05, 3.63) is 41.7 Å². The van der Waals surface area contributed by atoms with Crippen LogP contribution in [0.15, 0.2) is 30.5 Å². The van der Waals surface area contributed by atoms with Crippen LogP contribution in [0.1, 0.15) is 25.1 Å². The van der Waals surface area contributed by atoms with E-state index in [1.807, 2.05) is 31.2 Å². The minimum absolute atomic E-state index is 0.118. The van der Waals surface area contributed by atoms with E-state index in [1.165, 1.54) is 0 Å². The Bertz CT molecular complexity index is 588. The molecule has 2 rings (SSSR count). The Morgan fingerprint density at radius 2 is 2.00 bits per heavy atom. The predicted molar refractivity (Wildman–Crippen MR) is 81.8 cm³/mol. The van der Waals surface area contributed by atoms with Crippen molar-refractivity contribution in [3.8, 4) is 0 Å². The van der Waals surface area contributed by atoms with Gasteiger partial charge in [-0.15, -0.1) is 5.10 Å². The van der Waals surface area contributed by atoms with Crippen molar-refractivity contribution >= 4 is 11.6 Å². The molecule has 0 aliphatic carbocycles. The summed E-state index contributed by atoms with van der Waals surface area (Å²) in [6, 6.07) is 8.07. The van der Waals surface area contributed by atoms with Gasteiger partial charge in [0, 0.05) is 18.3 Å². The number of carbonyl (C=O) groups is 1. The molecule has 0 aliphatic rings. The summed E-state index contributed by atoms with van der Waals surface area (Å²) in [6.45, 7) is 6.95. The SMILES string of the molecule is Cc1ccc(NC(=O)Cn2cc(CNC(C)C)nn2)cc1. The number of aromatic nitrogens is 3. The zero-order valence-corrected chi connectivity index (χ0v) is 12.6. The number of nitrogens with one attached hydrogen (secondary N) is 2. The normalized spacial score (nSPS) is 10.9. The Kier molecular flexibility index (Phi) is 5.05. The Morgan fingerprint density at radius 3 is 2.67 bits per heavy atom. The molecule has 112 valence electrons. The maximum absolute atomic E-state index is 11.9. The van der Waals surface area contributed by atoms with Crippen molar-refractivity contribution in [1.82, 2.24) is 20.3 Å². The van der Waals surface area contributed by atoms with Crippen molar-refractivity contribution in [2.75, 3.05) is 5.32 Å². The summed E-state index contributed by atoms with van der Waals surface area (Å²) in [4.78, 5) is 11.9. The number of benzene rings is 1. The monoisotopic (exact) mass is 287 g/mol. The Labute approximate surface area is 124 Å². The molecule has 1 aromatic carbocycles. The molecule has 1 aromatic heterocycles. The van der Waals surface area contributed by atoms with Crippen LogP contribution in [0.5, 0.6) is 0 Å². The average molecular weight is 287 g/mol. The van der Waals surface area contributed by atoms with Gasteiger partial charge in [0.15, 0.2) is 0 Å². The molecule has 1 heterocycles. The van der Waals surface area contributed by atoms with Crippen LogP contribution >= 0.6 is 0 Å². The summed E-state index contributed by atoms with van der Waals surface area (Å²) in [5, 5.41) is 14.1. The van der Waals surface area contributed by atoms with Crippen LogP contribution in [0.4, 0.5) is 5.69 Å². The lowest BCUT2D eigenvalue weighted by Crippen LogP contribution is -2.22. The lowest BCUT2D eigenvalue weighted by molar-refractivity contribution is -0.116. The number of hydrogen-bond donors (Lipinski definition) is 2. The highest BCUT2D eigenvalue weighted by Crippen LogP contribution is 2.08. The van der Waals surface area contributed by atoms with E-state index < -0.39 is 0 Å². The van der Waals surface area contributed by atoms with Crippen molar-refractivity contribution in [3.63, 3.8) is 0 Å². The zero-order valence-electron chi connectivity index (χ0n) is 12.6. The standard InChI is InChI=1S/C15H21N5O/c1-11(2)16-8-14-9-20(19-18-14)10-15(21)17-13-6-4-12(3)5-7-13/h4-7,9,11,16H,8,10H2,1-3H3,(H,17,21). The molecule has 0 unspecified atom stereocenters. The Balaban J connectivity index is 1.86. The van der Waals surface area contributed by atoms with Crippen molar-refractivity contribution in [2.24, 2.45) is 0 Å². The second-order valence-electron chi connectivity index (χ2n) is 5.36. The van der Waals surface area contributed by atoms with Gasteiger partial charge in [-0.1, -0.05) is 36.8 Å². The van der Waals surface area contributed by atoms with Gasteiger partial charge >= 0.3 is 0 Å². The van der Waals surface area contributed by atoms with E-state index in [-0.39, 0.29) is 12.5 Å². The van der Waals surface area contributed by atoms with Gasteiger partial charge in [-0.25, -0.2) is 4.68 Å². The second-order valence-corrected chi connectivity index (χ2v) is 5.36. The number of hydrogen-bond acceptors (Lipinski definition) is 4. The third kappa shape index (κ3) is 5.00. The van der Waals surface area contributed by atoms with Gasteiger partial charge in [0.25, 0.3) is 0 Å². The van der Waals surface area contributed by atoms with E-state index in [0.29, 0.717) is 12.6 Å². The molecule has 0 aliphatic heterocycles. The van der Waals surface area contributed by atoms with E-state index in [9.17, 15) is 4.79 Å². The molecule has 6 heteroatoms. The van der Waals surface area contributed by atoms with Gasteiger partial charge in [0.2, 0.25) is 5.91 Å². The van der Waals surface area contributed by atoms with Gasteiger partial charge in [-0.05, 0) is 19.1 Å². The third-order valence-electron chi connectivity index (χ3n) is 2.92. The van der Waals surface area contributed by atoms with Crippen LogP contribution in [0, 0.1) is 6.92 Å². The first-order valence-electron chi connectivity index (χ1n) is 7.02. The van der Waals surface area contributed by atoms with Crippen LogP contribution in [-0.2, 0) is 17.9 Å². The molecule has 0 saturated carbocycles. The second kappa shape index (κ2) is 6.99. The highest BCUT2D eigenvalue weighted by molar-refractivity contribution is 5.90. The smallest absolute Gasteiger partial charge is 0.246 e. The molecule has 0 spiro atoms. The summed E-state index contributed by atoms with van der Waals surface area (Å²) in [5.74, 6) is -0.118. The highest BCUT2D eigenvalue weighted by Gasteiger charge is 2.07. The minimum atomic E-state index is -0.118. The highest BCUT2D eigenvalue weighted by atomic mass is 16.2. The Hall–Kier alpha value is -2.21. The zero-order chi connectivity index (χ0) is 15.2. The van der Waals surface area contributed by atoms with E-state index >= 15 is 0 Å². The van der Waals surface area contributed by atoms with Crippen LogP contribution in [-0.4, -0.2) is 26.9 Å². The summed E-state index contributed by atoms with van der Waals surface area (Å²) >= 11 is 0. The van der Waals surface area contributed by atoms with Gasteiger partial charge in [0.05, 0.1) is 11.9 Å². The molecule has 0 atom stereocenters. The lowest BCUT2D eigenvalue weighted by atomic mass is 10.2. The fraction of sp³-hybridized carbons (Fsp3) is 0.400. The first-order valence-corrected chi connectivity index (χ1v) is 7.02. The van der Waals surface area contributed by atoms with Crippen LogP contribution in [0.3, 0.4) is 0 Å². The van der Waals surface area contributed by atoms with Crippen LogP contribution in [0.2, 0.25) is 0 Å². The van der Waals surface area contributed by atoms with Crippen molar-refractivity contribution in [2.45, 2.75) is 39.9 Å². The van der Waals surface area contributed by atoms with E-state index in [1.54, 1.807) is 10.9 Å². The molecule has 21 heavy (non-hydrogen) atoms. The lowest BCUT2D eigenvalue weighted by Gasteiger charge is -2.05. The van der Waals surface area contributed by atoms with Crippen molar-refractivity contribution in [1.29, 1.82) is 0 Å². The third-order valence-corrected chi connectivity index (χ3v) is 2.92. The summed E-state index contributed by atoms with van der Waals surface area (Å²) in [5.41, 5.74) is 2.77. The summed E-state index contributed by atoms with van der Waals surface area (Å²) in [6.07, 6.45) is 1.78. The molecule has 0 bridgehead atoms. The number of amides is 1. The Morgan fingerprint density at radius 1 is 1.29 bits per heavy atom. The van der Waals surface area contributed by atoms with Gasteiger partial charge in [-0.2, -0.15) is 0 Å². The molecular formula is C15H21N5O. The maximum atomic E-state index is 11.9. The molecule has 6 nitrogen and oxygen atoms in total. The number of aryl methyl sites for hydroxylation is 1. The molecule has 1 amide bonds. The molecule has 0 saturated heterocycles. The first-order chi connectivity index (χ1) is 10.0. The number of nitrogens with zero attached hydrogens (tertiary/aromatic N) is 3. The van der Waals surface area contributed by atoms with Crippen LogP contribution in [0.25, 0.3) is 0 Å². The van der Waals surface area contributed by atoms with Gasteiger partial charge in [-0.3, -0.25) is 4.79 Å². The molecular weight excluding hydrogens is 266 g/mol. The number of rotatable bonds is 6. The number of anilines is 1. The van der Waals surface area contributed by atoms with Crippen LogP contribution < -0.4 is 10.6 Å². The topological polar surface area (TPSA) is 71.8 Å². The summed E-state index contributed by atoms with van der Waals surface area (Å²) in [7, 11) is 0. The molecule has 0 fully saturated rings. The predicted octanol–water partition coefficient (Wildman–Crippen LogP) is 1.72. The fourth-order valence-corrected chi connectivity index (χ4v) is 1.79. The number of carbonyl (C=O) groups excluding carboxylic acids is 1. The first kappa shape index (κ1) is 15.2. The quantitative estimate of drug-likeness (QED) is 0.848. The fourth-order valence-electron chi connectivity index (χ4n) is 1.79. The van der Waals surface area contributed by atoms with E-state index in [4.69, 9.17) is 0 Å².